The van der Waals surface area contributed by atoms with Crippen LogP contribution in [0.25, 0.3) is 10.9 Å². The highest BCUT2D eigenvalue weighted by Gasteiger charge is 2.31. The zero-order valence-electron chi connectivity index (χ0n) is 15.8. The largest absolute Gasteiger partial charge is 0.497 e. The number of nitrogens with two attached hydrogens (primary N) is 1. The van der Waals surface area contributed by atoms with Gasteiger partial charge in [-0.3, -0.25) is 9.69 Å². The van der Waals surface area contributed by atoms with Crippen molar-refractivity contribution in [3.05, 3.63) is 65.4 Å². The van der Waals surface area contributed by atoms with Crippen LogP contribution in [0.1, 0.15) is 29.3 Å². The van der Waals surface area contributed by atoms with E-state index in [2.05, 4.69) is 48.2 Å². The zero-order valence-corrected chi connectivity index (χ0v) is 15.8. The van der Waals surface area contributed by atoms with E-state index < -0.39 is 0 Å². The number of nitrogens with zero attached hydrogens (tertiary/aromatic N) is 2. The van der Waals surface area contributed by atoms with E-state index in [0.29, 0.717) is 6.04 Å². The third-order valence-corrected chi connectivity index (χ3v) is 5.65. The van der Waals surface area contributed by atoms with E-state index in [4.69, 9.17) is 10.5 Å². The minimum absolute atomic E-state index is 0.214. The number of benzene rings is 2. The zero-order chi connectivity index (χ0) is 19.0. The predicted molar refractivity (Wildman–Crippen MR) is 107 cm³/mol. The van der Waals surface area contributed by atoms with Gasteiger partial charge >= 0.3 is 0 Å². The Labute approximate surface area is 159 Å². The SMILES string of the molecule is COc1cccc([C@@H]2CCN2Cc2c(C)n(CC(N)=O)c3ccccc23)c1. The Bertz CT molecular complexity index is 992. The minimum atomic E-state index is -0.316. The van der Waals surface area contributed by atoms with E-state index in [9.17, 15) is 4.79 Å². The summed E-state index contributed by atoms with van der Waals surface area (Å²) in [4.78, 5) is 14.0. The monoisotopic (exact) mass is 363 g/mol. The first-order valence-electron chi connectivity index (χ1n) is 9.31. The molecule has 5 nitrogen and oxygen atoms in total. The van der Waals surface area contributed by atoms with E-state index in [1.807, 2.05) is 16.7 Å². The van der Waals surface area contributed by atoms with E-state index in [1.165, 1.54) is 16.5 Å². The average molecular weight is 363 g/mol. The highest BCUT2D eigenvalue weighted by molar-refractivity contribution is 5.87. The number of hydrogen-bond donors (Lipinski definition) is 1. The summed E-state index contributed by atoms with van der Waals surface area (Å²) in [6.07, 6.45) is 1.14. The van der Waals surface area contributed by atoms with Crippen LogP contribution in [0, 0.1) is 6.92 Å². The molecule has 4 rings (SSSR count). The second kappa shape index (κ2) is 7.08. The van der Waals surface area contributed by atoms with Gasteiger partial charge in [-0.2, -0.15) is 0 Å². The molecule has 0 unspecified atom stereocenters. The number of carbonyl (C=O) groups is 1. The van der Waals surface area contributed by atoms with Crippen molar-refractivity contribution in [2.75, 3.05) is 13.7 Å². The molecule has 1 aliphatic heterocycles. The van der Waals surface area contributed by atoms with Crippen LogP contribution in [0.3, 0.4) is 0 Å². The molecule has 0 bridgehead atoms. The molecule has 2 N–H and O–H groups in total. The number of carbonyl (C=O) groups excluding carboxylic acids is 1. The fourth-order valence-corrected chi connectivity index (χ4v) is 4.12. The molecule has 140 valence electrons. The third kappa shape index (κ3) is 3.19. The average Bonchev–Trinajstić information content (AvgIpc) is 2.90. The van der Waals surface area contributed by atoms with E-state index in [1.54, 1.807) is 7.11 Å². The van der Waals surface area contributed by atoms with Gasteiger partial charge in [0.1, 0.15) is 12.3 Å². The van der Waals surface area contributed by atoms with Gasteiger partial charge in [0.2, 0.25) is 5.91 Å². The van der Waals surface area contributed by atoms with Crippen molar-refractivity contribution in [1.82, 2.24) is 9.47 Å². The number of primary amides is 1. The van der Waals surface area contributed by atoms with Gasteiger partial charge in [-0.1, -0.05) is 30.3 Å². The molecule has 1 amide bonds. The number of ether oxygens (including phenoxy) is 1. The van der Waals surface area contributed by atoms with Crippen molar-refractivity contribution in [1.29, 1.82) is 0 Å². The first-order valence-corrected chi connectivity index (χ1v) is 9.31. The minimum Gasteiger partial charge on any atom is -0.497 e. The van der Waals surface area contributed by atoms with Gasteiger partial charge < -0.3 is 15.0 Å². The number of likely N-dealkylation sites (tertiary alicyclic amines) is 1. The first kappa shape index (κ1) is 17.6. The molecule has 1 saturated heterocycles. The van der Waals surface area contributed by atoms with Crippen LogP contribution < -0.4 is 10.5 Å². The van der Waals surface area contributed by atoms with Crippen molar-refractivity contribution in [2.24, 2.45) is 5.73 Å². The lowest BCUT2D eigenvalue weighted by molar-refractivity contribution is -0.118. The molecule has 2 aromatic carbocycles. The summed E-state index contributed by atoms with van der Waals surface area (Å²) in [5.41, 5.74) is 10.2. The Hall–Kier alpha value is -2.79. The molecule has 27 heavy (non-hydrogen) atoms. The molecule has 1 aromatic heterocycles. The van der Waals surface area contributed by atoms with Gasteiger partial charge in [0.15, 0.2) is 0 Å². The van der Waals surface area contributed by atoms with Gasteiger partial charge in [0.05, 0.1) is 7.11 Å². The molecule has 1 fully saturated rings. The van der Waals surface area contributed by atoms with Crippen LogP contribution in [-0.2, 0) is 17.9 Å². The lowest BCUT2D eigenvalue weighted by Crippen LogP contribution is -2.40. The number of hydrogen-bond acceptors (Lipinski definition) is 3. The maximum Gasteiger partial charge on any atom is 0.237 e. The van der Waals surface area contributed by atoms with Gasteiger partial charge in [-0.15, -0.1) is 0 Å². The van der Waals surface area contributed by atoms with E-state index in [-0.39, 0.29) is 12.5 Å². The van der Waals surface area contributed by atoms with Crippen molar-refractivity contribution in [2.45, 2.75) is 32.5 Å². The topological polar surface area (TPSA) is 60.5 Å². The summed E-state index contributed by atoms with van der Waals surface area (Å²) in [7, 11) is 1.70. The van der Waals surface area contributed by atoms with E-state index >= 15 is 0 Å². The van der Waals surface area contributed by atoms with Crippen LogP contribution >= 0.6 is 0 Å². The summed E-state index contributed by atoms with van der Waals surface area (Å²) in [5, 5.41) is 1.20. The maximum absolute atomic E-state index is 11.5. The quantitative estimate of drug-likeness (QED) is 0.730. The maximum atomic E-state index is 11.5. The van der Waals surface area contributed by atoms with Crippen molar-refractivity contribution >= 4 is 16.8 Å². The lowest BCUT2D eigenvalue weighted by atomic mass is 9.93. The van der Waals surface area contributed by atoms with Crippen molar-refractivity contribution < 1.29 is 9.53 Å². The summed E-state index contributed by atoms with van der Waals surface area (Å²) < 4.78 is 7.41. The van der Waals surface area contributed by atoms with Crippen LogP contribution in [0.15, 0.2) is 48.5 Å². The smallest absolute Gasteiger partial charge is 0.237 e. The first-order chi connectivity index (χ1) is 13.1. The van der Waals surface area contributed by atoms with Crippen molar-refractivity contribution in [3.8, 4) is 5.75 Å². The Balaban J connectivity index is 1.65. The summed E-state index contributed by atoms with van der Waals surface area (Å²) in [6.45, 7) is 4.22. The highest BCUT2D eigenvalue weighted by atomic mass is 16.5. The fraction of sp³-hybridized carbons (Fsp3) is 0.318. The number of aromatic nitrogens is 1. The molecular weight excluding hydrogens is 338 g/mol. The Morgan fingerprint density at radius 1 is 1.22 bits per heavy atom. The van der Waals surface area contributed by atoms with E-state index in [0.717, 1.165) is 36.5 Å². The van der Waals surface area contributed by atoms with Crippen LogP contribution in [0.4, 0.5) is 0 Å². The lowest BCUT2D eigenvalue weighted by Gasteiger charge is -2.41. The molecular formula is C22H25N3O2. The second-order valence-corrected chi connectivity index (χ2v) is 7.19. The van der Waals surface area contributed by atoms with Gasteiger partial charge in [0.25, 0.3) is 0 Å². The molecule has 0 spiro atoms. The number of rotatable bonds is 6. The van der Waals surface area contributed by atoms with Crippen LogP contribution in [0.5, 0.6) is 5.75 Å². The molecule has 0 saturated carbocycles. The summed E-state index contributed by atoms with van der Waals surface area (Å²) in [5.74, 6) is 0.581. The Morgan fingerprint density at radius 2 is 2.04 bits per heavy atom. The Morgan fingerprint density at radius 3 is 2.74 bits per heavy atom. The van der Waals surface area contributed by atoms with Crippen LogP contribution in [0.2, 0.25) is 0 Å². The number of amides is 1. The van der Waals surface area contributed by atoms with Crippen LogP contribution in [-0.4, -0.2) is 29.0 Å². The summed E-state index contributed by atoms with van der Waals surface area (Å²) in [6, 6.07) is 17.0. The molecule has 0 aliphatic carbocycles. The third-order valence-electron chi connectivity index (χ3n) is 5.65. The number of para-hydroxylation sites is 1. The van der Waals surface area contributed by atoms with Gasteiger partial charge in [-0.05, 0) is 42.7 Å². The second-order valence-electron chi connectivity index (χ2n) is 7.19. The fourth-order valence-electron chi connectivity index (χ4n) is 4.12. The normalized spacial score (nSPS) is 17.0. The predicted octanol–water partition coefficient (Wildman–Crippen LogP) is 3.39. The van der Waals surface area contributed by atoms with Gasteiger partial charge in [-0.25, -0.2) is 0 Å². The molecule has 5 heteroatoms. The highest BCUT2D eigenvalue weighted by Crippen LogP contribution is 2.38. The molecule has 3 aromatic rings. The molecule has 0 radical (unpaired) electrons. The number of methoxy groups -OCH3 is 1. The molecule has 1 aliphatic rings. The molecule has 2 heterocycles. The number of fused-ring (bicyclic) bond motifs is 1. The Kier molecular flexibility index (Phi) is 4.62. The standard InChI is InChI=1S/C22H25N3O2/c1-15-19(18-8-3-4-9-21(18)25(15)14-22(23)26)13-24-11-10-20(24)16-6-5-7-17(12-16)27-2/h3-9,12,20H,10-11,13-14H2,1-2H3,(H2,23,26)/t20-/m0/s1. The van der Waals surface area contributed by atoms with Crippen molar-refractivity contribution in [3.63, 3.8) is 0 Å². The summed E-state index contributed by atoms with van der Waals surface area (Å²) >= 11 is 0. The van der Waals surface area contributed by atoms with Gasteiger partial charge in [0, 0.05) is 35.7 Å². The molecule has 1 atom stereocenters.